The quantitative estimate of drug-likeness (QED) is 0.892. The van der Waals surface area contributed by atoms with Crippen molar-refractivity contribution in [1.29, 1.82) is 0 Å². The van der Waals surface area contributed by atoms with Crippen LogP contribution in [0.15, 0.2) is 18.5 Å². The van der Waals surface area contributed by atoms with Crippen molar-refractivity contribution < 1.29 is 0 Å². The predicted octanol–water partition coefficient (Wildman–Crippen LogP) is 3.45. The lowest BCUT2D eigenvalue weighted by atomic mass is 9.91. The molecule has 0 saturated carbocycles. The number of anilines is 1. The molecule has 1 N–H and O–H groups in total. The monoisotopic (exact) mass is 275 g/mol. The second-order valence-corrected chi connectivity index (χ2v) is 6.58. The van der Waals surface area contributed by atoms with E-state index in [-0.39, 0.29) is 0 Å². The molecule has 0 spiro atoms. The molecule has 1 aliphatic rings. The average molecular weight is 275 g/mol. The number of pyridine rings is 1. The van der Waals surface area contributed by atoms with Crippen molar-refractivity contribution in [2.45, 2.75) is 53.1 Å². The van der Waals surface area contributed by atoms with Crippen LogP contribution < -0.4 is 10.2 Å². The molecule has 0 radical (unpaired) electrons. The molecule has 0 aliphatic carbocycles. The maximum absolute atomic E-state index is 4.35. The van der Waals surface area contributed by atoms with Crippen LogP contribution >= 0.6 is 0 Å². The Labute approximate surface area is 123 Å². The van der Waals surface area contributed by atoms with Gasteiger partial charge < -0.3 is 10.2 Å². The standard InChI is InChI=1S/C17H29N3/c1-13(2)10-19-11-16-7-8-18-12-17(16)20-9-5-6-14(3)15(20)4/h7-8,12-15,19H,5-6,9-11H2,1-4H3. The van der Waals surface area contributed by atoms with Crippen molar-refractivity contribution in [2.75, 3.05) is 18.0 Å². The van der Waals surface area contributed by atoms with Gasteiger partial charge in [0.25, 0.3) is 0 Å². The van der Waals surface area contributed by atoms with E-state index in [1.54, 1.807) is 0 Å². The Morgan fingerprint density at radius 3 is 2.95 bits per heavy atom. The highest BCUT2D eigenvalue weighted by atomic mass is 15.2. The summed E-state index contributed by atoms with van der Waals surface area (Å²) >= 11 is 0. The van der Waals surface area contributed by atoms with Crippen LogP contribution in [0.4, 0.5) is 5.69 Å². The highest BCUT2D eigenvalue weighted by Gasteiger charge is 2.26. The van der Waals surface area contributed by atoms with Gasteiger partial charge in [0.15, 0.2) is 0 Å². The van der Waals surface area contributed by atoms with Crippen molar-refractivity contribution in [3.05, 3.63) is 24.0 Å². The molecule has 1 saturated heterocycles. The summed E-state index contributed by atoms with van der Waals surface area (Å²) in [5.41, 5.74) is 2.70. The third kappa shape index (κ3) is 3.72. The molecule has 3 heteroatoms. The van der Waals surface area contributed by atoms with Crippen molar-refractivity contribution in [3.63, 3.8) is 0 Å². The minimum Gasteiger partial charge on any atom is -0.367 e. The van der Waals surface area contributed by atoms with Crippen LogP contribution in [0.1, 0.15) is 46.1 Å². The number of nitrogens with one attached hydrogen (secondary N) is 1. The summed E-state index contributed by atoms with van der Waals surface area (Å²) in [6.45, 7) is 12.4. The fourth-order valence-electron chi connectivity index (χ4n) is 2.99. The van der Waals surface area contributed by atoms with Crippen molar-refractivity contribution in [3.8, 4) is 0 Å². The molecular weight excluding hydrogens is 246 g/mol. The predicted molar refractivity (Wildman–Crippen MR) is 86.0 cm³/mol. The maximum Gasteiger partial charge on any atom is 0.0600 e. The van der Waals surface area contributed by atoms with E-state index in [0.717, 1.165) is 25.6 Å². The Morgan fingerprint density at radius 1 is 1.40 bits per heavy atom. The number of hydrogen-bond acceptors (Lipinski definition) is 3. The fourth-order valence-corrected chi connectivity index (χ4v) is 2.99. The molecule has 0 aromatic carbocycles. The summed E-state index contributed by atoms with van der Waals surface area (Å²) in [5.74, 6) is 1.45. The zero-order valence-corrected chi connectivity index (χ0v) is 13.4. The van der Waals surface area contributed by atoms with E-state index in [9.17, 15) is 0 Å². The first-order valence-electron chi connectivity index (χ1n) is 8.00. The van der Waals surface area contributed by atoms with Crippen molar-refractivity contribution in [1.82, 2.24) is 10.3 Å². The summed E-state index contributed by atoms with van der Waals surface area (Å²) in [5, 5.41) is 3.55. The molecule has 1 aromatic rings. The van der Waals surface area contributed by atoms with E-state index in [0.29, 0.717) is 12.0 Å². The van der Waals surface area contributed by atoms with E-state index in [2.05, 4.69) is 49.0 Å². The van der Waals surface area contributed by atoms with Gasteiger partial charge in [-0.3, -0.25) is 4.98 Å². The lowest BCUT2D eigenvalue weighted by Crippen LogP contribution is -2.43. The summed E-state index contributed by atoms with van der Waals surface area (Å²) in [7, 11) is 0. The molecule has 0 amide bonds. The number of rotatable bonds is 5. The van der Waals surface area contributed by atoms with Gasteiger partial charge in [0.2, 0.25) is 0 Å². The van der Waals surface area contributed by atoms with Crippen LogP contribution in [0.5, 0.6) is 0 Å². The van der Waals surface area contributed by atoms with Crippen LogP contribution in [0.25, 0.3) is 0 Å². The molecule has 3 nitrogen and oxygen atoms in total. The first-order valence-corrected chi connectivity index (χ1v) is 8.00. The van der Waals surface area contributed by atoms with Gasteiger partial charge in [-0.25, -0.2) is 0 Å². The highest BCUT2D eigenvalue weighted by molar-refractivity contribution is 5.53. The Kier molecular flexibility index (Phi) is 5.41. The minimum absolute atomic E-state index is 0.608. The molecule has 2 rings (SSSR count). The lowest BCUT2D eigenvalue weighted by molar-refractivity contribution is 0.362. The third-order valence-electron chi connectivity index (χ3n) is 4.44. The van der Waals surface area contributed by atoms with Crippen LogP contribution in [0, 0.1) is 11.8 Å². The number of piperidine rings is 1. The average Bonchev–Trinajstić information content (AvgIpc) is 2.42. The SMILES string of the molecule is CC(C)CNCc1ccncc1N1CCCC(C)C1C. The zero-order chi connectivity index (χ0) is 14.5. The van der Waals surface area contributed by atoms with E-state index in [1.807, 2.05) is 12.4 Å². The molecule has 20 heavy (non-hydrogen) atoms. The Balaban J connectivity index is 2.10. The Morgan fingerprint density at radius 2 is 2.20 bits per heavy atom. The highest BCUT2D eigenvalue weighted by Crippen LogP contribution is 2.30. The first kappa shape index (κ1) is 15.3. The largest absolute Gasteiger partial charge is 0.367 e. The van der Waals surface area contributed by atoms with Gasteiger partial charge in [0.05, 0.1) is 11.9 Å². The summed E-state index contributed by atoms with van der Waals surface area (Å²) < 4.78 is 0. The molecule has 1 fully saturated rings. The number of nitrogens with zero attached hydrogens (tertiary/aromatic N) is 2. The Bertz CT molecular complexity index is 416. The van der Waals surface area contributed by atoms with Crippen LogP contribution in [0.2, 0.25) is 0 Å². The molecule has 2 atom stereocenters. The van der Waals surface area contributed by atoms with E-state index < -0.39 is 0 Å². The topological polar surface area (TPSA) is 28.2 Å². The van der Waals surface area contributed by atoms with E-state index in [1.165, 1.54) is 24.1 Å². The lowest BCUT2D eigenvalue weighted by Gasteiger charge is -2.40. The number of aromatic nitrogens is 1. The third-order valence-corrected chi connectivity index (χ3v) is 4.44. The molecule has 112 valence electrons. The fraction of sp³-hybridized carbons (Fsp3) is 0.706. The first-order chi connectivity index (χ1) is 9.59. The van der Waals surface area contributed by atoms with Gasteiger partial charge >= 0.3 is 0 Å². The number of hydrogen-bond donors (Lipinski definition) is 1. The van der Waals surface area contributed by atoms with Gasteiger partial charge in [-0.15, -0.1) is 0 Å². The normalized spacial score (nSPS) is 23.4. The van der Waals surface area contributed by atoms with E-state index in [4.69, 9.17) is 0 Å². The Hall–Kier alpha value is -1.09. The van der Waals surface area contributed by atoms with Gasteiger partial charge in [-0.1, -0.05) is 20.8 Å². The summed E-state index contributed by atoms with van der Waals surface area (Å²) in [6.07, 6.45) is 6.59. The van der Waals surface area contributed by atoms with Crippen LogP contribution in [-0.2, 0) is 6.54 Å². The maximum atomic E-state index is 4.35. The van der Waals surface area contributed by atoms with Gasteiger partial charge in [0.1, 0.15) is 0 Å². The van der Waals surface area contributed by atoms with E-state index >= 15 is 0 Å². The van der Waals surface area contributed by atoms with Gasteiger partial charge in [0, 0.05) is 25.3 Å². The second-order valence-electron chi connectivity index (χ2n) is 6.58. The zero-order valence-electron chi connectivity index (χ0n) is 13.4. The van der Waals surface area contributed by atoms with Crippen molar-refractivity contribution >= 4 is 5.69 Å². The summed E-state index contributed by atoms with van der Waals surface area (Å²) in [4.78, 5) is 6.90. The molecule has 0 bridgehead atoms. The molecule has 1 aromatic heterocycles. The van der Waals surface area contributed by atoms with Crippen molar-refractivity contribution in [2.24, 2.45) is 11.8 Å². The summed E-state index contributed by atoms with van der Waals surface area (Å²) in [6, 6.07) is 2.77. The van der Waals surface area contributed by atoms with Crippen LogP contribution in [-0.4, -0.2) is 24.1 Å². The van der Waals surface area contributed by atoms with Crippen LogP contribution in [0.3, 0.4) is 0 Å². The van der Waals surface area contributed by atoms with Gasteiger partial charge in [-0.2, -0.15) is 0 Å². The minimum atomic E-state index is 0.608. The van der Waals surface area contributed by atoms with Gasteiger partial charge in [-0.05, 0) is 49.8 Å². The molecule has 1 aliphatic heterocycles. The molecular formula is C17H29N3. The molecule has 2 unspecified atom stereocenters. The second kappa shape index (κ2) is 7.07. The molecule has 2 heterocycles. The smallest absolute Gasteiger partial charge is 0.0600 e.